The molecule has 0 amide bonds. The number of aliphatic hydroxyl groups is 1. The Labute approximate surface area is 49.7 Å². The van der Waals surface area contributed by atoms with Gasteiger partial charge in [0.15, 0.2) is 0 Å². The second kappa shape index (κ2) is 5.03. The lowest BCUT2D eigenvalue weighted by atomic mass is 10.6. The summed E-state index contributed by atoms with van der Waals surface area (Å²) in [7, 11) is 3.44. The number of rotatable bonds is 4. The maximum Gasteiger partial charge on any atom is 0.202 e. The number of aliphatic hydroxyl groups excluding tert-OH is 1. The standard InChI is InChI=1S/C5H13NO2/c1-3-8-5(7)4-6-2/h5,7H,2-4,6H2,1H3. The maximum atomic E-state index is 8.76. The lowest BCUT2D eigenvalue weighted by Gasteiger charge is -2.07. The Morgan fingerprint density at radius 2 is 2.50 bits per heavy atom. The van der Waals surface area contributed by atoms with Crippen LogP contribution in [-0.2, 0) is 4.74 Å². The van der Waals surface area contributed by atoms with E-state index in [1.807, 2.05) is 6.92 Å². The smallest absolute Gasteiger partial charge is 0.202 e. The summed E-state index contributed by atoms with van der Waals surface area (Å²) >= 11 is 0. The van der Waals surface area contributed by atoms with Crippen molar-refractivity contribution < 1.29 is 15.2 Å². The van der Waals surface area contributed by atoms with Crippen molar-refractivity contribution in [2.24, 2.45) is 0 Å². The van der Waals surface area contributed by atoms with Crippen LogP contribution in [0.2, 0.25) is 0 Å². The van der Waals surface area contributed by atoms with Gasteiger partial charge in [-0.25, -0.2) is 0 Å². The molecule has 0 spiro atoms. The minimum absolute atomic E-state index is 0.508. The van der Waals surface area contributed by atoms with Crippen LogP contribution in [-0.4, -0.2) is 24.5 Å². The van der Waals surface area contributed by atoms with Crippen LogP contribution in [0.1, 0.15) is 6.92 Å². The highest BCUT2D eigenvalue weighted by Crippen LogP contribution is 1.78. The van der Waals surface area contributed by atoms with Crippen LogP contribution in [0.4, 0.5) is 0 Å². The fourth-order valence-electron chi connectivity index (χ4n) is 0.403. The lowest BCUT2D eigenvalue weighted by Crippen LogP contribution is -2.79. The van der Waals surface area contributed by atoms with Crippen molar-refractivity contribution >= 4 is 0 Å². The molecule has 0 saturated heterocycles. The van der Waals surface area contributed by atoms with E-state index in [4.69, 9.17) is 9.84 Å². The van der Waals surface area contributed by atoms with Crippen LogP contribution in [0.25, 0.3) is 0 Å². The summed E-state index contributed by atoms with van der Waals surface area (Å²) in [5, 5.41) is 10.4. The molecule has 3 nitrogen and oxygen atoms in total. The number of hydrogen-bond acceptors (Lipinski definition) is 2. The van der Waals surface area contributed by atoms with Gasteiger partial charge in [0.1, 0.15) is 6.54 Å². The Kier molecular flexibility index (Phi) is 4.95. The van der Waals surface area contributed by atoms with Crippen LogP contribution in [0.3, 0.4) is 0 Å². The normalized spacial score (nSPS) is 13.9. The van der Waals surface area contributed by atoms with E-state index in [0.29, 0.717) is 13.2 Å². The first-order valence-electron chi connectivity index (χ1n) is 2.71. The molecule has 3 N–H and O–H groups in total. The van der Waals surface area contributed by atoms with Gasteiger partial charge in [-0.1, -0.05) is 0 Å². The van der Waals surface area contributed by atoms with E-state index in [1.165, 1.54) is 0 Å². The quantitative estimate of drug-likeness (QED) is 0.357. The molecule has 3 heteroatoms. The molecule has 0 aromatic rings. The molecule has 0 heterocycles. The van der Waals surface area contributed by atoms with Crippen LogP contribution in [0.5, 0.6) is 0 Å². The van der Waals surface area contributed by atoms with Crippen molar-refractivity contribution in [1.82, 2.24) is 0 Å². The molecular formula is C5H13NO2. The summed E-state index contributed by atoms with van der Waals surface area (Å²) in [5.74, 6) is 0. The molecule has 0 saturated carbocycles. The van der Waals surface area contributed by atoms with Gasteiger partial charge in [-0.3, -0.25) is 0 Å². The largest absolute Gasteiger partial charge is 0.475 e. The SMILES string of the molecule is [CH2-][NH2+]CC(O)OCC. The van der Waals surface area contributed by atoms with E-state index in [-0.39, 0.29) is 0 Å². The van der Waals surface area contributed by atoms with E-state index in [2.05, 4.69) is 7.05 Å². The molecule has 1 unspecified atom stereocenters. The highest BCUT2D eigenvalue weighted by atomic mass is 16.6. The average molecular weight is 119 g/mol. The van der Waals surface area contributed by atoms with E-state index >= 15 is 0 Å². The Hall–Kier alpha value is -0.120. The van der Waals surface area contributed by atoms with Gasteiger partial charge < -0.3 is 15.2 Å². The van der Waals surface area contributed by atoms with E-state index in [1.54, 1.807) is 5.32 Å². The van der Waals surface area contributed by atoms with Gasteiger partial charge >= 0.3 is 0 Å². The third-order valence-corrected chi connectivity index (χ3v) is 0.727. The van der Waals surface area contributed by atoms with Gasteiger partial charge in [0, 0.05) is 6.61 Å². The van der Waals surface area contributed by atoms with Crippen LogP contribution >= 0.6 is 0 Å². The van der Waals surface area contributed by atoms with E-state index in [9.17, 15) is 0 Å². The Bertz CT molecular complexity index is 43.7. The van der Waals surface area contributed by atoms with Crippen LogP contribution < -0.4 is 5.32 Å². The zero-order valence-electron chi connectivity index (χ0n) is 5.13. The Balaban J connectivity index is 2.92. The lowest BCUT2D eigenvalue weighted by molar-refractivity contribution is -0.611. The molecule has 0 fully saturated rings. The first-order valence-corrected chi connectivity index (χ1v) is 2.71. The zero-order chi connectivity index (χ0) is 6.41. The van der Waals surface area contributed by atoms with E-state index in [0.717, 1.165) is 0 Å². The molecule has 0 aliphatic rings. The molecule has 1 atom stereocenters. The molecule has 0 bridgehead atoms. The molecule has 8 heavy (non-hydrogen) atoms. The molecule has 0 radical (unpaired) electrons. The zero-order valence-corrected chi connectivity index (χ0v) is 5.13. The first kappa shape index (κ1) is 7.88. The second-order valence-corrected chi connectivity index (χ2v) is 1.43. The van der Waals surface area contributed by atoms with Crippen molar-refractivity contribution in [3.8, 4) is 0 Å². The molecule has 0 aliphatic carbocycles. The van der Waals surface area contributed by atoms with Gasteiger partial charge in [-0.2, -0.15) is 7.05 Å². The minimum Gasteiger partial charge on any atom is -0.475 e. The van der Waals surface area contributed by atoms with Crippen molar-refractivity contribution in [2.45, 2.75) is 13.2 Å². The number of quaternary nitrogens is 1. The van der Waals surface area contributed by atoms with Crippen molar-refractivity contribution in [1.29, 1.82) is 0 Å². The second-order valence-electron chi connectivity index (χ2n) is 1.43. The van der Waals surface area contributed by atoms with Crippen LogP contribution in [0.15, 0.2) is 0 Å². The number of ether oxygens (including phenoxy) is 1. The molecule has 0 aromatic heterocycles. The predicted octanol–water partition coefficient (Wildman–Crippen LogP) is -1.30. The first-order chi connectivity index (χ1) is 3.81. The van der Waals surface area contributed by atoms with Crippen LogP contribution in [0, 0.1) is 7.05 Å². The summed E-state index contributed by atoms with van der Waals surface area (Å²) in [6.45, 7) is 2.90. The monoisotopic (exact) mass is 119 g/mol. The fraction of sp³-hybridized carbons (Fsp3) is 0.800. The summed E-state index contributed by atoms with van der Waals surface area (Å²) in [6, 6.07) is 0. The molecule has 0 aliphatic heterocycles. The highest BCUT2D eigenvalue weighted by molar-refractivity contribution is 4.29. The third kappa shape index (κ3) is 4.05. The van der Waals surface area contributed by atoms with Gasteiger partial charge in [0.05, 0.1) is 0 Å². The minimum atomic E-state index is -0.655. The van der Waals surface area contributed by atoms with Gasteiger partial charge in [0.2, 0.25) is 6.29 Å². The van der Waals surface area contributed by atoms with E-state index < -0.39 is 6.29 Å². The Morgan fingerprint density at radius 1 is 1.88 bits per heavy atom. The van der Waals surface area contributed by atoms with Crippen molar-refractivity contribution in [2.75, 3.05) is 13.2 Å². The highest BCUT2D eigenvalue weighted by Gasteiger charge is 1.98. The summed E-state index contributed by atoms with van der Waals surface area (Å²) < 4.78 is 4.77. The molecule has 50 valence electrons. The average Bonchev–Trinajstić information content (AvgIpc) is 1.68. The Morgan fingerprint density at radius 3 is 2.88 bits per heavy atom. The van der Waals surface area contributed by atoms with Crippen molar-refractivity contribution in [3.05, 3.63) is 7.05 Å². The van der Waals surface area contributed by atoms with Gasteiger partial charge in [0.25, 0.3) is 0 Å². The summed E-state index contributed by atoms with van der Waals surface area (Å²) in [4.78, 5) is 0. The summed E-state index contributed by atoms with van der Waals surface area (Å²) in [5.41, 5.74) is 0. The van der Waals surface area contributed by atoms with Crippen molar-refractivity contribution in [3.63, 3.8) is 0 Å². The van der Waals surface area contributed by atoms with Gasteiger partial charge in [-0.05, 0) is 6.92 Å². The fourth-order valence-corrected chi connectivity index (χ4v) is 0.403. The summed E-state index contributed by atoms with van der Waals surface area (Å²) in [6.07, 6.45) is -0.655. The topological polar surface area (TPSA) is 46.1 Å². The molecule has 0 rings (SSSR count). The molecular weight excluding hydrogens is 106 g/mol. The maximum absolute atomic E-state index is 8.76. The third-order valence-electron chi connectivity index (χ3n) is 0.727. The number of hydrogen-bond donors (Lipinski definition) is 2. The van der Waals surface area contributed by atoms with Gasteiger partial charge in [-0.15, -0.1) is 0 Å². The number of nitrogens with two attached hydrogens (primary N) is 1. The molecule has 0 aromatic carbocycles. The predicted molar refractivity (Wildman–Crippen MR) is 29.8 cm³/mol.